The lowest BCUT2D eigenvalue weighted by Crippen LogP contribution is -2.42. The fourth-order valence-electron chi connectivity index (χ4n) is 3.66. The summed E-state index contributed by atoms with van der Waals surface area (Å²) in [5.74, 6) is -3.92. The summed E-state index contributed by atoms with van der Waals surface area (Å²) in [7, 11) is 0. The van der Waals surface area contributed by atoms with E-state index in [4.69, 9.17) is 0 Å². The van der Waals surface area contributed by atoms with Gasteiger partial charge in [0, 0.05) is 18.1 Å². The number of rotatable bonds is 5. The molecule has 0 bridgehead atoms. The Bertz CT molecular complexity index is 1210. The SMILES string of the molecule is O=C(N[C@H](Cc1c2ccccc2cc2ccccc12)C(=O)O)c1cc(F)cc(F)c1. The number of aliphatic carboxylic acids is 1. The highest BCUT2D eigenvalue weighted by atomic mass is 19.1. The van der Waals surface area contributed by atoms with Crippen LogP contribution in [0.4, 0.5) is 8.78 Å². The van der Waals surface area contributed by atoms with Crippen LogP contribution in [0.15, 0.2) is 72.8 Å². The van der Waals surface area contributed by atoms with Crippen LogP contribution in [0.3, 0.4) is 0 Å². The number of hydrogen-bond acceptors (Lipinski definition) is 2. The Morgan fingerprint density at radius 3 is 1.90 bits per heavy atom. The third-order valence-electron chi connectivity index (χ3n) is 5.02. The summed E-state index contributed by atoms with van der Waals surface area (Å²) in [6.07, 6.45) is 0.0146. The lowest BCUT2D eigenvalue weighted by molar-refractivity contribution is -0.139. The van der Waals surface area contributed by atoms with Gasteiger partial charge in [-0.1, -0.05) is 48.5 Å². The van der Waals surface area contributed by atoms with E-state index in [-0.39, 0.29) is 12.0 Å². The molecule has 4 rings (SSSR count). The molecule has 4 nitrogen and oxygen atoms in total. The van der Waals surface area contributed by atoms with Crippen LogP contribution in [0, 0.1) is 11.6 Å². The molecule has 6 heteroatoms. The Morgan fingerprint density at radius 2 is 1.37 bits per heavy atom. The van der Waals surface area contributed by atoms with Crippen molar-refractivity contribution < 1.29 is 23.5 Å². The number of fused-ring (bicyclic) bond motifs is 2. The van der Waals surface area contributed by atoms with E-state index < -0.39 is 29.6 Å². The van der Waals surface area contributed by atoms with Crippen molar-refractivity contribution in [2.45, 2.75) is 12.5 Å². The van der Waals surface area contributed by atoms with Crippen LogP contribution in [-0.4, -0.2) is 23.0 Å². The van der Waals surface area contributed by atoms with Crippen LogP contribution in [0.25, 0.3) is 21.5 Å². The highest BCUT2D eigenvalue weighted by Gasteiger charge is 2.24. The summed E-state index contributed by atoms with van der Waals surface area (Å²) in [6.45, 7) is 0. The van der Waals surface area contributed by atoms with Crippen LogP contribution in [0.5, 0.6) is 0 Å². The first-order valence-electron chi connectivity index (χ1n) is 9.31. The van der Waals surface area contributed by atoms with E-state index in [1.165, 1.54) is 0 Å². The van der Waals surface area contributed by atoms with Crippen molar-refractivity contribution in [2.75, 3.05) is 0 Å². The maximum absolute atomic E-state index is 13.4. The number of carbonyl (C=O) groups is 2. The van der Waals surface area contributed by atoms with Gasteiger partial charge >= 0.3 is 5.97 Å². The summed E-state index contributed by atoms with van der Waals surface area (Å²) in [5.41, 5.74) is 0.503. The van der Waals surface area contributed by atoms with Crippen molar-refractivity contribution in [3.05, 3.63) is 95.6 Å². The number of benzene rings is 4. The van der Waals surface area contributed by atoms with Gasteiger partial charge in [-0.15, -0.1) is 0 Å². The minimum absolute atomic E-state index is 0.0146. The maximum Gasteiger partial charge on any atom is 0.326 e. The van der Waals surface area contributed by atoms with E-state index in [2.05, 4.69) is 5.32 Å². The Labute approximate surface area is 170 Å². The molecule has 0 unspecified atom stereocenters. The molecule has 0 aliphatic carbocycles. The van der Waals surface area contributed by atoms with Gasteiger partial charge in [-0.3, -0.25) is 4.79 Å². The molecule has 0 fully saturated rings. The molecule has 4 aromatic carbocycles. The Kier molecular flexibility index (Phi) is 5.14. The largest absolute Gasteiger partial charge is 0.480 e. The average Bonchev–Trinajstić information content (AvgIpc) is 2.72. The van der Waals surface area contributed by atoms with Gasteiger partial charge in [0.15, 0.2) is 0 Å². The lowest BCUT2D eigenvalue weighted by atomic mass is 9.92. The predicted octanol–water partition coefficient (Wildman–Crippen LogP) is 4.70. The minimum atomic E-state index is -1.28. The second kappa shape index (κ2) is 7.91. The standard InChI is InChI=1S/C24H17F2NO3/c25-17-10-16(11-18(26)12-17)23(28)27-22(24(29)30)13-21-19-7-3-1-5-14(19)9-15-6-2-4-8-20(15)21/h1-12,22H,13H2,(H,27,28)(H,29,30)/t22-/m1/s1. The number of carboxylic acids is 1. The topological polar surface area (TPSA) is 66.4 Å². The van der Waals surface area contributed by atoms with E-state index in [0.29, 0.717) is 6.07 Å². The van der Waals surface area contributed by atoms with E-state index in [1.807, 2.05) is 54.6 Å². The van der Waals surface area contributed by atoms with Gasteiger partial charge in [-0.25, -0.2) is 13.6 Å². The zero-order valence-electron chi connectivity index (χ0n) is 15.7. The molecule has 0 saturated heterocycles. The first-order valence-corrected chi connectivity index (χ1v) is 9.31. The zero-order valence-corrected chi connectivity index (χ0v) is 15.7. The molecule has 0 aliphatic heterocycles. The monoisotopic (exact) mass is 405 g/mol. The van der Waals surface area contributed by atoms with E-state index in [1.54, 1.807) is 0 Å². The quantitative estimate of drug-likeness (QED) is 0.473. The van der Waals surface area contributed by atoms with Gasteiger partial charge in [0.25, 0.3) is 5.91 Å². The number of carbonyl (C=O) groups excluding carboxylic acids is 1. The van der Waals surface area contributed by atoms with E-state index >= 15 is 0 Å². The summed E-state index contributed by atoms with van der Waals surface area (Å²) in [5, 5.41) is 15.8. The highest BCUT2D eigenvalue weighted by molar-refractivity contribution is 6.03. The first kappa shape index (κ1) is 19.5. The number of nitrogens with one attached hydrogen (secondary N) is 1. The third-order valence-corrected chi connectivity index (χ3v) is 5.02. The van der Waals surface area contributed by atoms with Gasteiger partial charge in [0.05, 0.1) is 0 Å². The van der Waals surface area contributed by atoms with E-state index in [0.717, 1.165) is 39.2 Å². The Morgan fingerprint density at radius 1 is 0.833 bits per heavy atom. The Hall–Kier alpha value is -3.80. The van der Waals surface area contributed by atoms with Gasteiger partial charge < -0.3 is 10.4 Å². The van der Waals surface area contributed by atoms with Crippen molar-refractivity contribution in [3.8, 4) is 0 Å². The molecule has 150 valence electrons. The summed E-state index contributed by atoms with van der Waals surface area (Å²) >= 11 is 0. The van der Waals surface area contributed by atoms with Crippen molar-refractivity contribution in [3.63, 3.8) is 0 Å². The summed E-state index contributed by atoms with van der Waals surface area (Å²) in [6, 6.07) is 18.3. The fourth-order valence-corrected chi connectivity index (χ4v) is 3.66. The maximum atomic E-state index is 13.4. The molecular weight excluding hydrogens is 388 g/mol. The molecule has 2 N–H and O–H groups in total. The number of hydrogen-bond donors (Lipinski definition) is 2. The molecule has 1 amide bonds. The predicted molar refractivity (Wildman–Crippen MR) is 110 cm³/mol. The van der Waals surface area contributed by atoms with Crippen molar-refractivity contribution >= 4 is 33.4 Å². The molecular formula is C24H17F2NO3. The van der Waals surface area contributed by atoms with Crippen LogP contribution in [-0.2, 0) is 11.2 Å². The lowest BCUT2D eigenvalue weighted by Gasteiger charge is -2.18. The zero-order chi connectivity index (χ0) is 21.3. The Balaban J connectivity index is 1.73. The van der Waals surface area contributed by atoms with Gasteiger partial charge in [0.1, 0.15) is 17.7 Å². The van der Waals surface area contributed by atoms with Crippen molar-refractivity contribution in [1.82, 2.24) is 5.32 Å². The molecule has 4 aromatic rings. The van der Waals surface area contributed by atoms with Crippen LogP contribution >= 0.6 is 0 Å². The van der Waals surface area contributed by atoms with Crippen LogP contribution < -0.4 is 5.32 Å². The van der Waals surface area contributed by atoms with Gasteiger partial charge in [0.2, 0.25) is 0 Å². The van der Waals surface area contributed by atoms with Crippen LogP contribution in [0.2, 0.25) is 0 Å². The van der Waals surface area contributed by atoms with E-state index in [9.17, 15) is 23.5 Å². The second-order valence-electron chi connectivity index (χ2n) is 7.02. The molecule has 30 heavy (non-hydrogen) atoms. The van der Waals surface area contributed by atoms with Gasteiger partial charge in [-0.2, -0.15) is 0 Å². The second-order valence-corrected chi connectivity index (χ2v) is 7.02. The minimum Gasteiger partial charge on any atom is -0.480 e. The van der Waals surface area contributed by atoms with Crippen molar-refractivity contribution in [1.29, 1.82) is 0 Å². The smallest absolute Gasteiger partial charge is 0.326 e. The number of amides is 1. The normalized spacial score (nSPS) is 12.1. The molecule has 1 atom stereocenters. The molecule has 0 heterocycles. The highest BCUT2D eigenvalue weighted by Crippen LogP contribution is 2.29. The number of halogens is 2. The van der Waals surface area contributed by atoms with Crippen molar-refractivity contribution in [2.24, 2.45) is 0 Å². The number of carboxylic acid groups (broad SMARTS) is 1. The molecule has 0 radical (unpaired) electrons. The summed E-state index contributed by atoms with van der Waals surface area (Å²) < 4.78 is 26.9. The fraction of sp³-hybridized carbons (Fsp3) is 0.0833. The first-order chi connectivity index (χ1) is 14.4. The molecule has 0 aromatic heterocycles. The molecule has 0 aliphatic rings. The molecule has 0 saturated carbocycles. The van der Waals surface area contributed by atoms with Gasteiger partial charge in [-0.05, 0) is 45.3 Å². The van der Waals surface area contributed by atoms with Crippen LogP contribution in [0.1, 0.15) is 15.9 Å². The molecule has 0 spiro atoms. The third kappa shape index (κ3) is 3.85. The summed E-state index contributed by atoms with van der Waals surface area (Å²) in [4.78, 5) is 24.4. The average molecular weight is 405 g/mol.